The molecule has 0 atom stereocenters. The van der Waals surface area contributed by atoms with E-state index in [4.69, 9.17) is 5.73 Å². The third kappa shape index (κ3) is 1.63. The second-order valence-corrected chi connectivity index (χ2v) is 4.02. The van der Waals surface area contributed by atoms with Gasteiger partial charge in [0, 0.05) is 19.3 Å². The maximum atomic E-state index is 5.77. The topological polar surface area (TPSA) is 42.1 Å². The van der Waals surface area contributed by atoms with Crippen molar-refractivity contribution < 1.29 is 0 Å². The highest BCUT2D eigenvalue weighted by molar-refractivity contribution is 9.10. The fraction of sp³-hybridized carbons (Fsp3) is 0.444. The van der Waals surface area contributed by atoms with Crippen molar-refractivity contribution in [2.24, 2.45) is 0 Å². The molecule has 2 rings (SSSR count). The van der Waals surface area contributed by atoms with Crippen LogP contribution in [0.3, 0.4) is 0 Å². The number of nitrogens with two attached hydrogens (primary N) is 1. The predicted molar refractivity (Wildman–Crippen MR) is 57.8 cm³/mol. The minimum absolute atomic E-state index is 0.761. The Kier molecular flexibility index (Phi) is 2.40. The number of pyridine rings is 1. The van der Waals surface area contributed by atoms with Crippen LogP contribution >= 0.6 is 15.9 Å². The molecule has 0 spiro atoms. The Labute approximate surface area is 86.1 Å². The number of nitrogen functional groups attached to an aromatic ring is 1. The van der Waals surface area contributed by atoms with E-state index < -0.39 is 0 Å². The molecule has 70 valence electrons. The van der Waals surface area contributed by atoms with Crippen LogP contribution in [0.1, 0.15) is 12.8 Å². The van der Waals surface area contributed by atoms with Crippen LogP contribution < -0.4 is 10.6 Å². The normalized spacial score (nSPS) is 16.5. The molecule has 2 heterocycles. The van der Waals surface area contributed by atoms with Gasteiger partial charge in [-0.05, 0) is 34.8 Å². The van der Waals surface area contributed by atoms with Crippen molar-refractivity contribution in [2.75, 3.05) is 23.7 Å². The summed E-state index contributed by atoms with van der Waals surface area (Å²) >= 11 is 3.46. The first kappa shape index (κ1) is 8.81. The quantitative estimate of drug-likeness (QED) is 0.819. The van der Waals surface area contributed by atoms with Gasteiger partial charge in [0.2, 0.25) is 0 Å². The molecule has 1 saturated heterocycles. The molecule has 0 amide bonds. The fourth-order valence-electron chi connectivity index (χ4n) is 1.60. The number of nitrogens with zero attached hydrogens (tertiary/aromatic N) is 2. The van der Waals surface area contributed by atoms with Crippen molar-refractivity contribution in [1.29, 1.82) is 0 Å². The lowest BCUT2D eigenvalue weighted by molar-refractivity contribution is 0.933. The second kappa shape index (κ2) is 3.54. The predicted octanol–water partition coefficient (Wildman–Crippen LogP) is 2.03. The molecule has 2 N–H and O–H groups in total. The molecule has 1 fully saturated rings. The van der Waals surface area contributed by atoms with Crippen LogP contribution in [0.25, 0.3) is 0 Å². The average Bonchev–Trinajstić information content (AvgIpc) is 2.62. The van der Waals surface area contributed by atoms with E-state index in [0.717, 1.165) is 29.1 Å². The van der Waals surface area contributed by atoms with Gasteiger partial charge in [-0.3, -0.25) is 0 Å². The molecular formula is C9H12BrN3. The van der Waals surface area contributed by atoms with Crippen LogP contribution in [0.2, 0.25) is 0 Å². The Morgan fingerprint density at radius 1 is 1.38 bits per heavy atom. The first-order chi connectivity index (χ1) is 6.29. The molecule has 3 nitrogen and oxygen atoms in total. The number of hydrogen-bond donors (Lipinski definition) is 1. The summed E-state index contributed by atoms with van der Waals surface area (Å²) in [4.78, 5) is 6.58. The molecule has 0 unspecified atom stereocenters. The smallest absolute Gasteiger partial charge is 0.144 e. The summed E-state index contributed by atoms with van der Waals surface area (Å²) < 4.78 is 0.928. The first-order valence-corrected chi connectivity index (χ1v) is 5.23. The van der Waals surface area contributed by atoms with Gasteiger partial charge in [0.25, 0.3) is 0 Å². The van der Waals surface area contributed by atoms with Crippen LogP contribution in [0.5, 0.6) is 0 Å². The van der Waals surface area contributed by atoms with E-state index in [9.17, 15) is 0 Å². The maximum Gasteiger partial charge on any atom is 0.144 e. The van der Waals surface area contributed by atoms with Gasteiger partial charge in [-0.15, -0.1) is 0 Å². The molecule has 0 saturated carbocycles. The number of aromatic nitrogens is 1. The molecule has 1 aromatic heterocycles. The van der Waals surface area contributed by atoms with E-state index in [-0.39, 0.29) is 0 Å². The molecule has 0 radical (unpaired) electrons. The fourth-order valence-corrected chi connectivity index (χ4v) is 2.08. The molecular weight excluding hydrogens is 230 g/mol. The number of halogens is 1. The third-order valence-electron chi connectivity index (χ3n) is 2.31. The third-order valence-corrected chi connectivity index (χ3v) is 3.12. The van der Waals surface area contributed by atoms with Gasteiger partial charge in [0.15, 0.2) is 0 Å². The lowest BCUT2D eigenvalue weighted by atomic mass is 10.4. The summed E-state index contributed by atoms with van der Waals surface area (Å²) in [6.45, 7) is 2.18. The Hall–Kier alpha value is -0.770. The van der Waals surface area contributed by atoms with Gasteiger partial charge in [-0.1, -0.05) is 0 Å². The summed E-state index contributed by atoms with van der Waals surface area (Å²) in [5.74, 6) is 0.984. The van der Waals surface area contributed by atoms with Gasteiger partial charge in [0.1, 0.15) is 5.82 Å². The number of rotatable bonds is 1. The Bertz CT molecular complexity index is 308. The SMILES string of the molecule is Nc1ccnc(N2CCCC2)c1Br. The van der Waals surface area contributed by atoms with Gasteiger partial charge >= 0.3 is 0 Å². The summed E-state index contributed by atoms with van der Waals surface area (Å²) in [5.41, 5.74) is 6.54. The van der Waals surface area contributed by atoms with Crippen molar-refractivity contribution in [1.82, 2.24) is 4.98 Å². The second-order valence-electron chi connectivity index (χ2n) is 3.23. The average molecular weight is 242 g/mol. The van der Waals surface area contributed by atoms with Crippen LogP contribution in [0.4, 0.5) is 11.5 Å². The minimum atomic E-state index is 0.761. The molecule has 13 heavy (non-hydrogen) atoms. The van der Waals surface area contributed by atoms with E-state index in [1.165, 1.54) is 12.8 Å². The van der Waals surface area contributed by atoms with Crippen LogP contribution in [0.15, 0.2) is 16.7 Å². The van der Waals surface area contributed by atoms with Crippen molar-refractivity contribution >= 4 is 27.4 Å². The lowest BCUT2D eigenvalue weighted by Crippen LogP contribution is -2.19. The molecule has 1 aromatic rings. The largest absolute Gasteiger partial charge is 0.398 e. The standard InChI is InChI=1S/C9H12BrN3/c10-8-7(11)3-4-12-9(8)13-5-1-2-6-13/h3-4H,1-2,5-6H2,(H2,11,12). The Balaban J connectivity index is 2.33. The van der Waals surface area contributed by atoms with Crippen molar-refractivity contribution in [2.45, 2.75) is 12.8 Å². The van der Waals surface area contributed by atoms with Gasteiger partial charge < -0.3 is 10.6 Å². The van der Waals surface area contributed by atoms with Gasteiger partial charge in [-0.25, -0.2) is 4.98 Å². The van der Waals surface area contributed by atoms with Gasteiger partial charge in [-0.2, -0.15) is 0 Å². The van der Waals surface area contributed by atoms with Gasteiger partial charge in [0.05, 0.1) is 10.2 Å². The summed E-state index contributed by atoms with van der Waals surface area (Å²) in [7, 11) is 0. The van der Waals surface area contributed by atoms with Crippen molar-refractivity contribution in [3.63, 3.8) is 0 Å². The highest BCUT2D eigenvalue weighted by Gasteiger charge is 2.16. The van der Waals surface area contributed by atoms with Crippen molar-refractivity contribution in [3.8, 4) is 0 Å². The van der Waals surface area contributed by atoms with Crippen molar-refractivity contribution in [3.05, 3.63) is 16.7 Å². The molecule has 1 aliphatic rings. The van der Waals surface area contributed by atoms with E-state index in [1.54, 1.807) is 6.20 Å². The Morgan fingerprint density at radius 2 is 2.08 bits per heavy atom. The highest BCUT2D eigenvalue weighted by atomic mass is 79.9. The monoisotopic (exact) mass is 241 g/mol. The van der Waals surface area contributed by atoms with E-state index in [2.05, 4.69) is 25.8 Å². The number of hydrogen-bond acceptors (Lipinski definition) is 3. The highest BCUT2D eigenvalue weighted by Crippen LogP contribution is 2.30. The minimum Gasteiger partial charge on any atom is -0.398 e. The summed E-state index contributed by atoms with van der Waals surface area (Å²) in [5, 5.41) is 0. The molecule has 0 aromatic carbocycles. The van der Waals surface area contributed by atoms with Crippen LogP contribution in [-0.4, -0.2) is 18.1 Å². The molecule has 0 bridgehead atoms. The zero-order chi connectivity index (χ0) is 9.26. The molecule has 0 aliphatic carbocycles. The Morgan fingerprint density at radius 3 is 2.77 bits per heavy atom. The summed E-state index contributed by atoms with van der Waals surface area (Å²) in [6.07, 6.45) is 4.26. The zero-order valence-electron chi connectivity index (χ0n) is 7.33. The number of anilines is 2. The van der Waals surface area contributed by atoms with E-state index in [1.807, 2.05) is 6.07 Å². The first-order valence-electron chi connectivity index (χ1n) is 4.44. The van der Waals surface area contributed by atoms with E-state index >= 15 is 0 Å². The molecule has 1 aliphatic heterocycles. The zero-order valence-corrected chi connectivity index (χ0v) is 8.92. The van der Waals surface area contributed by atoms with Crippen LogP contribution in [-0.2, 0) is 0 Å². The van der Waals surface area contributed by atoms with Crippen LogP contribution in [0, 0.1) is 0 Å². The lowest BCUT2D eigenvalue weighted by Gasteiger charge is -2.18. The van der Waals surface area contributed by atoms with E-state index in [0.29, 0.717) is 0 Å². The summed E-state index contributed by atoms with van der Waals surface area (Å²) in [6, 6.07) is 1.81. The molecule has 4 heteroatoms. The maximum absolute atomic E-state index is 5.77.